The molecule has 0 aliphatic rings. The first-order chi connectivity index (χ1) is 16.9. The maximum atomic E-state index is 11.3. The molecule has 1 atom stereocenters. The minimum atomic E-state index is -1.24. The molecule has 2 aromatic heterocycles. The monoisotopic (exact) mass is 493 g/mol. The number of hydrogen-bond donors (Lipinski definition) is 2. The van der Waals surface area contributed by atoms with Crippen LogP contribution in [0, 0.1) is 6.92 Å². The average molecular weight is 494 g/mol. The third kappa shape index (κ3) is 6.07. The molecule has 0 unspecified atom stereocenters. The molecule has 2 heterocycles. The summed E-state index contributed by atoms with van der Waals surface area (Å²) in [4.78, 5) is 22.6. The van der Waals surface area contributed by atoms with Gasteiger partial charge in [0.1, 0.15) is 29.9 Å². The van der Waals surface area contributed by atoms with E-state index in [1.54, 1.807) is 29.5 Å². The third-order valence-corrected chi connectivity index (χ3v) is 6.09. The van der Waals surface area contributed by atoms with Crippen molar-refractivity contribution in [2.24, 2.45) is 0 Å². The summed E-state index contributed by atoms with van der Waals surface area (Å²) in [6, 6.07) is 16.1. The molecule has 4 rings (SSSR count). The smallest absolute Gasteiger partial charge is 0.374 e. The highest BCUT2D eigenvalue weighted by atomic mass is 32.1. The van der Waals surface area contributed by atoms with Gasteiger partial charge in [-0.3, -0.25) is 4.79 Å². The van der Waals surface area contributed by atoms with Crippen LogP contribution in [0.4, 0.5) is 0 Å². The summed E-state index contributed by atoms with van der Waals surface area (Å²) >= 11 is 1.58. The van der Waals surface area contributed by atoms with Gasteiger partial charge in [0.05, 0.1) is 0 Å². The van der Waals surface area contributed by atoms with Crippen LogP contribution in [-0.2, 0) is 11.4 Å². The SMILES string of the molecule is Cc1ccccc1[C@H](CCC(=O)O)Oc1cc(OCc2ccsc2)ccc1-c1cc(C(=O)O)on1. The second kappa shape index (κ2) is 10.9. The second-order valence-electron chi connectivity index (χ2n) is 7.86. The highest BCUT2D eigenvalue weighted by molar-refractivity contribution is 7.07. The number of aliphatic carboxylic acids is 1. The molecule has 4 aromatic rings. The highest BCUT2D eigenvalue weighted by Gasteiger charge is 2.22. The molecule has 2 aromatic carbocycles. The molecule has 0 radical (unpaired) electrons. The van der Waals surface area contributed by atoms with E-state index < -0.39 is 18.0 Å². The Labute approximate surface area is 205 Å². The maximum absolute atomic E-state index is 11.3. The molecular weight excluding hydrogens is 470 g/mol. The Morgan fingerprint density at radius 3 is 2.63 bits per heavy atom. The number of carboxylic acids is 2. The molecular formula is C26H23NO7S. The molecule has 2 N–H and O–H groups in total. The minimum absolute atomic E-state index is 0.0875. The summed E-state index contributed by atoms with van der Waals surface area (Å²) in [6.07, 6.45) is -0.418. The van der Waals surface area contributed by atoms with Crippen LogP contribution in [-0.4, -0.2) is 27.3 Å². The topological polar surface area (TPSA) is 119 Å². The molecule has 0 saturated heterocycles. The van der Waals surface area contributed by atoms with E-state index in [0.29, 0.717) is 23.7 Å². The number of thiophene rings is 1. The molecule has 0 aliphatic heterocycles. The van der Waals surface area contributed by atoms with Crippen LogP contribution in [0.1, 0.15) is 46.2 Å². The Bertz CT molecular complexity index is 1310. The van der Waals surface area contributed by atoms with Crippen LogP contribution >= 0.6 is 11.3 Å². The van der Waals surface area contributed by atoms with Crippen molar-refractivity contribution in [2.45, 2.75) is 32.5 Å². The fourth-order valence-electron chi connectivity index (χ4n) is 3.58. The number of aromatic nitrogens is 1. The Kier molecular flexibility index (Phi) is 7.47. The van der Waals surface area contributed by atoms with Crippen molar-refractivity contribution in [3.8, 4) is 22.8 Å². The van der Waals surface area contributed by atoms with Gasteiger partial charge in [-0.25, -0.2) is 4.79 Å². The zero-order valence-electron chi connectivity index (χ0n) is 18.8. The van der Waals surface area contributed by atoms with Gasteiger partial charge in [-0.2, -0.15) is 11.3 Å². The van der Waals surface area contributed by atoms with Crippen LogP contribution in [0.15, 0.2) is 69.9 Å². The van der Waals surface area contributed by atoms with Crippen LogP contribution in [0.2, 0.25) is 0 Å². The first-order valence-electron chi connectivity index (χ1n) is 10.8. The van der Waals surface area contributed by atoms with Crippen molar-refractivity contribution in [3.63, 3.8) is 0 Å². The summed E-state index contributed by atoms with van der Waals surface area (Å²) in [5, 5.41) is 26.4. The van der Waals surface area contributed by atoms with E-state index in [1.807, 2.05) is 48.0 Å². The number of rotatable bonds is 11. The largest absolute Gasteiger partial charge is 0.489 e. The standard InChI is InChI=1S/C26H23NO7S/c1-16-4-2-3-5-19(16)22(8-9-25(28)29)33-23-12-18(32-14-17-10-11-35-15-17)6-7-20(23)21-13-24(26(30)31)34-27-21/h2-7,10-13,15,22H,8-9,14H2,1H3,(H,28,29)(H,30,31)/t22-/m0/s1. The van der Waals surface area contributed by atoms with Crippen molar-refractivity contribution >= 4 is 23.3 Å². The Morgan fingerprint density at radius 2 is 1.94 bits per heavy atom. The van der Waals surface area contributed by atoms with Crippen molar-refractivity contribution < 1.29 is 33.8 Å². The van der Waals surface area contributed by atoms with Gasteiger partial charge < -0.3 is 24.2 Å². The summed E-state index contributed by atoms with van der Waals surface area (Å²) in [5.74, 6) is -1.55. The van der Waals surface area contributed by atoms with Crippen LogP contribution in [0.5, 0.6) is 11.5 Å². The second-order valence-corrected chi connectivity index (χ2v) is 8.64. The van der Waals surface area contributed by atoms with Gasteiger partial charge in [0.2, 0.25) is 5.76 Å². The zero-order valence-corrected chi connectivity index (χ0v) is 19.7. The number of benzene rings is 2. The van der Waals surface area contributed by atoms with E-state index in [2.05, 4.69) is 5.16 Å². The zero-order chi connectivity index (χ0) is 24.8. The van der Waals surface area contributed by atoms with Crippen LogP contribution in [0.3, 0.4) is 0 Å². The molecule has 180 valence electrons. The van der Waals surface area contributed by atoms with Crippen molar-refractivity contribution in [1.82, 2.24) is 5.16 Å². The Morgan fingerprint density at radius 1 is 1.11 bits per heavy atom. The van der Waals surface area contributed by atoms with Gasteiger partial charge in [-0.05, 0) is 59.0 Å². The summed E-state index contributed by atoms with van der Waals surface area (Å²) in [7, 11) is 0. The van der Waals surface area contributed by atoms with Gasteiger partial charge in [-0.1, -0.05) is 29.4 Å². The molecule has 35 heavy (non-hydrogen) atoms. The Hall–Kier alpha value is -4.11. The van der Waals surface area contributed by atoms with Gasteiger partial charge in [0, 0.05) is 24.1 Å². The lowest BCUT2D eigenvalue weighted by atomic mass is 9.99. The molecule has 0 bridgehead atoms. The number of carbonyl (C=O) groups is 2. The van der Waals surface area contributed by atoms with E-state index in [4.69, 9.17) is 14.0 Å². The molecule has 0 spiro atoms. The number of aryl methyl sites for hydroxylation is 1. The number of hydrogen-bond acceptors (Lipinski definition) is 7. The van der Waals surface area contributed by atoms with Gasteiger partial charge >= 0.3 is 11.9 Å². The minimum Gasteiger partial charge on any atom is -0.489 e. The van der Waals surface area contributed by atoms with Gasteiger partial charge in [0.15, 0.2) is 0 Å². The number of nitrogens with zero attached hydrogens (tertiary/aromatic N) is 1. The molecule has 0 fully saturated rings. The fraction of sp³-hybridized carbons (Fsp3) is 0.192. The molecule has 0 saturated carbocycles. The van der Waals surface area contributed by atoms with Gasteiger partial charge in [0.25, 0.3) is 0 Å². The highest BCUT2D eigenvalue weighted by Crippen LogP contribution is 2.38. The predicted molar refractivity (Wildman–Crippen MR) is 129 cm³/mol. The maximum Gasteiger partial charge on any atom is 0.374 e. The Balaban J connectivity index is 1.70. The average Bonchev–Trinajstić information content (AvgIpc) is 3.53. The normalized spacial score (nSPS) is 11.7. The summed E-state index contributed by atoms with van der Waals surface area (Å²) < 4.78 is 17.3. The lowest BCUT2D eigenvalue weighted by molar-refractivity contribution is -0.137. The van der Waals surface area contributed by atoms with Crippen LogP contribution in [0.25, 0.3) is 11.3 Å². The lowest BCUT2D eigenvalue weighted by Crippen LogP contribution is -2.12. The number of aromatic carboxylic acids is 1. The first kappa shape index (κ1) is 24.0. The third-order valence-electron chi connectivity index (χ3n) is 5.36. The number of ether oxygens (including phenoxy) is 2. The predicted octanol–water partition coefficient (Wildman–Crippen LogP) is 5.97. The molecule has 9 heteroatoms. The van der Waals surface area contributed by atoms with E-state index in [1.165, 1.54) is 6.07 Å². The first-order valence-corrected chi connectivity index (χ1v) is 11.8. The van der Waals surface area contributed by atoms with Crippen molar-refractivity contribution in [2.75, 3.05) is 0 Å². The molecule has 8 nitrogen and oxygen atoms in total. The quantitative estimate of drug-likeness (QED) is 0.262. The fourth-order valence-corrected chi connectivity index (χ4v) is 4.23. The van der Waals surface area contributed by atoms with Crippen molar-refractivity contribution in [1.29, 1.82) is 0 Å². The molecule has 0 aliphatic carbocycles. The lowest BCUT2D eigenvalue weighted by Gasteiger charge is -2.22. The van der Waals surface area contributed by atoms with E-state index in [-0.39, 0.29) is 24.3 Å². The summed E-state index contributed by atoms with van der Waals surface area (Å²) in [5.41, 5.74) is 3.63. The van der Waals surface area contributed by atoms with Gasteiger partial charge in [-0.15, -0.1) is 0 Å². The molecule has 0 amide bonds. The van der Waals surface area contributed by atoms with Crippen molar-refractivity contribution in [3.05, 3.63) is 87.8 Å². The number of carboxylic acid groups (broad SMARTS) is 2. The van der Waals surface area contributed by atoms with E-state index in [0.717, 1.165) is 16.7 Å². The van der Waals surface area contributed by atoms with Crippen LogP contribution < -0.4 is 9.47 Å². The van der Waals surface area contributed by atoms with E-state index >= 15 is 0 Å². The van der Waals surface area contributed by atoms with E-state index in [9.17, 15) is 19.8 Å². The summed E-state index contributed by atoms with van der Waals surface area (Å²) in [6.45, 7) is 2.31.